The van der Waals surface area contributed by atoms with Gasteiger partial charge in [0.25, 0.3) is 0 Å². The molecule has 27 heavy (non-hydrogen) atoms. The summed E-state index contributed by atoms with van der Waals surface area (Å²) in [6.07, 6.45) is -0.163. The summed E-state index contributed by atoms with van der Waals surface area (Å²) in [7, 11) is 0. The van der Waals surface area contributed by atoms with Gasteiger partial charge in [-0.25, -0.2) is 4.79 Å². The van der Waals surface area contributed by atoms with Crippen LogP contribution in [0.1, 0.15) is 25.8 Å². The number of carbonyl (C=O) groups is 1. The fourth-order valence-electron chi connectivity index (χ4n) is 3.53. The monoisotopic (exact) mass is 380 g/mol. The lowest BCUT2D eigenvalue weighted by atomic mass is 9.92. The number of ether oxygens (including phenoxy) is 3. The van der Waals surface area contributed by atoms with Crippen molar-refractivity contribution in [3.8, 4) is 0 Å². The van der Waals surface area contributed by atoms with Crippen molar-refractivity contribution in [2.24, 2.45) is 11.7 Å². The number of morpholine rings is 1. The molecule has 1 aliphatic rings. The van der Waals surface area contributed by atoms with Crippen LogP contribution in [0.25, 0.3) is 0 Å². The van der Waals surface area contributed by atoms with Crippen LogP contribution in [0.2, 0.25) is 0 Å². The number of rotatable bonds is 10. The van der Waals surface area contributed by atoms with Gasteiger partial charge in [0.05, 0.1) is 39.1 Å². The van der Waals surface area contributed by atoms with Crippen molar-refractivity contribution in [1.82, 2.24) is 4.90 Å². The van der Waals surface area contributed by atoms with Crippen molar-refractivity contribution in [2.45, 2.75) is 38.5 Å². The van der Waals surface area contributed by atoms with E-state index in [0.29, 0.717) is 32.8 Å². The van der Waals surface area contributed by atoms with E-state index < -0.39 is 11.7 Å². The molecular formula is C20H32N2O5. The molecule has 0 radical (unpaired) electrons. The third-order valence-electron chi connectivity index (χ3n) is 4.68. The number of amides is 1. The minimum absolute atomic E-state index is 0.0180. The maximum Gasteiger partial charge on any atom is 0.405 e. The molecule has 0 bridgehead atoms. The number of aliphatic hydroxyl groups excluding tert-OH is 1. The summed E-state index contributed by atoms with van der Waals surface area (Å²) < 4.78 is 16.7. The van der Waals surface area contributed by atoms with Gasteiger partial charge in [-0.15, -0.1) is 0 Å². The molecule has 7 heteroatoms. The highest BCUT2D eigenvalue weighted by molar-refractivity contribution is 5.65. The molecule has 1 saturated heterocycles. The Hall–Kier alpha value is -1.67. The zero-order valence-corrected chi connectivity index (χ0v) is 16.3. The zero-order valence-electron chi connectivity index (χ0n) is 16.3. The van der Waals surface area contributed by atoms with Gasteiger partial charge >= 0.3 is 6.09 Å². The standard InChI is InChI=1S/C20H32N2O5/c1-20(2,27-19(21)24)10-17(11-22-8-9-25-15-18(22)12-23)14-26-13-16-6-4-3-5-7-16/h3-7,17-18,23H,8-15H2,1-2H3,(H2,21,24)/t17?,18-/m0/s1. The third kappa shape index (κ3) is 7.84. The normalized spacial score (nSPS) is 19.6. The van der Waals surface area contributed by atoms with Gasteiger partial charge in [-0.1, -0.05) is 30.3 Å². The Labute approximate surface area is 161 Å². The number of hydrogen-bond donors (Lipinski definition) is 2. The van der Waals surface area contributed by atoms with Crippen LogP contribution in [0.15, 0.2) is 30.3 Å². The molecule has 1 aromatic rings. The van der Waals surface area contributed by atoms with E-state index in [2.05, 4.69) is 4.90 Å². The topological polar surface area (TPSA) is 94.2 Å². The van der Waals surface area contributed by atoms with Crippen LogP contribution in [-0.4, -0.2) is 67.3 Å². The first-order chi connectivity index (χ1) is 12.9. The first-order valence-electron chi connectivity index (χ1n) is 9.42. The van der Waals surface area contributed by atoms with Crippen LogP contribution in [0.3, 0.4) is 0 Å². The molecule has 152 valence electrons. The van der Waals surface area contributed by atoms with Crippen LogP contribution in [0, 0.1) is 5.92 Å². The Balaban J connectivity index is 1.97. The molecule has 2 rings (SSSR count). The van der Waals surface area contributed by atoms with E-state index in [-0.39, 0.29) is 18.6 Å². The lowest BCUT2D eigenvalue weighted by Crippen LogP contribution is -2.50. The van der Waals surface area contributed by atoms with Gasteiger partial charge in [-0.05, 0) is 31.7 Å². The molecule has 2 atom stereocenters. The highest BCUT2D eigenvalue weighted by Gasteiger charge is 2.31. The Morgan fingerprint density at radius 3 is 2.81 bits per heavy atom. The molecule has 1 unspecified atom stereocenters. The van der Waals surface area contributed by atoms with Crippen molar-refractivity contribution in [3.63, 3.8) is 0 Å². The van der Waals surface area contributed by atoms with Gasteiger partial charge in [-0.2, -0.15) is 0 Å². The molecule has 0 aromatic heterocycles. The third-order valence-corrected chi connectivity index (χ3v) is 4.68. The van der Waals surface area contributed by atoms with E-state index in [1.54, 1.807) is 0 Å². The molecule has 1 aromatic carbocycles. The minimum atomic E-state index is -0.774. The molecular weight excluding hydrogens is 348 g/mol. The summed E-state index contributed by atoms with van der Waals surface area (Å²) in [5.74, 6) is 0.121. The van der Waals surface area contributed by atoms with E-state index in [1.807, 2.05) is 44.2 Å². The highest BCUT2D eigenvalue weighted by Crippen LogP contribution is 2.23. The first-order valence-corrected chi connectivity index (χ1v) is 9.42. The summed E-state index contributed by atoms with van der Waals surface area (Å²) in [6, 6.07) is 9.98. The summed E-state index contributed by atoms with van der Waals surface area (Å²) in [4.78, 5) is 13.4. The lowest BCUT2D eigenvalue weighted by molar-refractivity contribution is -0.0513. The molecule has 7 nitrogen and oxygen atoms in total. The van der Waals surface area contributed by atoms with Crippen LogP contribution in [-0.2, 0) is 20.8 Å². The fourth-order valence-corrected chi connectivity index (χ4v) is 3.53. The number of primary amides is 1. The van der Waals surface area contributed by atoms with Gasteiger partial charge in [0, 0.05) is 13.1 Å². The van der Waals surface area contributed by atoms with Crippen LogP contribution in [0.4, 0.5) is 4.79 Å². The van der Waals surface area contributed by atoms with Gasteiger partial charge in [0.15, 0.2) is 0 Å². The maximum atomic E-state index is 11.2. The summed E-state index contributed by atoms with van der Waals surface area (Å²) >= 11 is 0. The molecule has 0 spiro atoms. The first kappa shape index (κ1) is 21.6. The highest BCUT2D eigenvalue weighted by atomic mass is 16.6. The van der Waals surface area contributed by atoms with Crippen molar-refractivity contribution < 1.29 is 24.1 Å². The number of benzene rings is 1. The second-order valence-electron chi connectivity index (χ2n) is 7.66. The molecule has 1 aliphatic heterocycles. The van der Waals surface area contributed by atoms with Crippen molar-refractivity contribution in [1.29, 1.82) is 0 Å². The number of nitrogens with zero attached hydrogens (tertiary/aromatic N) is 1. The minimum Gasteiger partial charge on any atom is -0.444 e. The Morgan fingerprint density at radius 2 is 2.15 bits per heavy atom. The molecule has 1 fully saturated rings. The molecule has 3 N–H and O–H groups in total. The van der Waals surface area contributed by atoms with E-state index in [9.17, 15) is 9.90 Å². The van der Waals surface area contributed by atoms with Crippen LogP contribution >= 0.6 is 0 Å². The smallest absolute Gasteiger partial charge is 0.405 e. The Bertz CT molecular complexity index is 567. The van der Waals surface area contributed by atoms with E-state index in [1.165, 1.54) is 0 Å². The van der Waals surface area contributed by atoms with Crippen LogP contribution < -0.4 is 5.73 Å². The van der Waals surface area contributed by atoms with Crippen LogP contribution in [0.5, 0.6) is 0 Å². The summed E-state index contributed by atoms with van der Waals surface area (Å²) in [5.41, 5.74) is 5.63. The molecule has 1 heterocycles. The lowest BCUT2D eigenvalue weighted by Gasteiger charge is -2.38. The second-order valence-corrected chi connectivity index (χ2v) is 7.66. The van der Waals surface area contributed by atoms with Gasteiger partial charge in [0.2, 0.25) is 0 Å². The molecule has 0 aliphatic carbocycles. The van der Waals surface area contributed by atoms with Gasteiger partial charge in [0.1, 0.15) is 5.60 Å². The SMILES string of the molecule is CC(C)(CC(COCc1ccccc1)CN1CCOC[C@@H]1CO)OC(N)=O. The number of nitrogens with two attached hydrogens (primary N) is 1. The molecule has 0 saturated carbocycles. The van der Waals surface area contributed by atoms with E-state index in [0.717, 1.165) is 18.7 Å². The largest absolute Gasteiger partial charge is 0.444 e. The number of hydrogen-bond acceptors (Lipinski definition) is 6. The number of aliphatic hydroxyl groups is 1. The Morgan fingerprint density at radius 1 is 1.41 bits per heavy atom. The maximum absolute atomic E-state index is 11.2. The fraction of sp³-hybridized carbons (Fsp3) is 0.650. The predicted octanol–water partition coefficient (Wildman–Crippen LogP) is 1.78. The second kappa shape index (κ2) is 10.6. The van der Waals surface area contributed by atoms with Crippen molar-refractivity contribution >= 4 is 6.09 Å². The summed E-state index contributed by atoms with van der Waals surface area (Å²) in [5, 5.41) is 9.61. The Kier molecular flexibility index (Phi) is 8.50. The van der Waals surface area contributed by atoms with Gasteiger partial charge in [-0.3, -0.25) is 4.90 Å². The number of carbonyl (C=O) groups excluding carboxylic acids is 1. The quantitative estimate of drug-likeness (QED) is 0.643. The van der Waals surface area contributed by atoms with E-state index in [4.69, 9.17) is 19.9 Å². The average Bonchev–Trinajstić information content (AvgIpc) is 2.61. The molecule has 1 amide bonds. The van der Waals surface area contributed by atoms with Gasteiger partial charge < -0.3 is 25.1 Å². The zero-order chi connectivity index (χ0) is 19.7. The van der Waals surface area contributed by atoms with Crippen molar-refractivity contribution in [2.75, 3.05) is 39.5 Å². The van der Waals surface area contributed by atoms with E-state index >= 15 is 0 Å². The average molecular weight is 380 g/mol. The predicted molar refractivity (Wildman–Crippen MR) is 102 cm³/mol. The van der Waals surface area contributed by atoms with Crippen molar-refractivity contribution in [3.05, 3.63) is 35.9 Å². The summed E-state index contributed by atoms with van der Waals surface area (Å²) in [6.45, 7) is 7.47.